The summed E-state index contributed by atoms with van der Waals surface area (Å²) >= 11 is 0. The van der Waals surface area contributed by atoms with E-state index in [1.54, 1.807) is 12.1 Å². The number of nitrogens with zero attached hydrogens (tertiary/aromatic N) is 1. The molecule has 2 aromatic heterocycles. The molecule has 0 aliphatic carbocycles. The molecule has 0 amide bonds. The van der Waals surface area contributed by atoms with Crippen LogP contribution in [0.1, 0.15) is 32.0 Å². The lowest BCUT2D eigenvalue weighted by atomic mass is 10.0. The van der Waals surface area contributed by atoms with Gasteiger partial charge in [-0.1, -0.05) is 18.2 Å². The quantitative estimate of drug-likeness (QED) is 0.749. The van der Waals surface area contributed by atoms with E-state index in [1.807, 2.05) is 41.8 Å². The Hall–Kier alpha value is -2.88. The van der Waals surface area contributed by atoms with Crippen molar-refractivity contribution in [1.29, 1.82) is 0 Å². The number of aromatic nitrogens is 1. The Morgan fingerprint density at radius 2 is 1.67 bits per heavy atom. The molecule has 0 aliphatic heterocycles. The first-order chi connectivity index (χ1) is 10.1. The fourth-order valence-corrected chi connectivity index (χ4v) is 2.45. The van der Waals surface area contributed by atoms with E-state index in [0.29, 0.717) is 11.3 Å². The molecule has 0 aliphatic rings. The molecule has 0 fully saturated rings. The second-order valence-corrected chi connectivity index (χ2v) is 4.88. The van der Waals surface area contributed by atoms with Gasteiger partial charge in [-0.25, -0.2) is 4.79 Å². The van der Waals surface area contributed by atoms with E-state index in [4.69, 9.17) is 5.11 Å². The number of carboxylic acids is 1. The van der Waals surface area contributed by atoms with Crippen LogP contribution in [0.2, 0.25) is 0 Å². The van der Waals surface area contributed by atoms with Crippen LogP contribution in [0.4, 0.5) is 0 Å². The van der Waals surface area contributed by atoms with Gasteiger partial charge in [-0.2, -0.15) is 0 Å². The van der Waals surface area contributed by atoms with Crippen molar-refractivity contribution < 1.29 is 14.7 Å². The summed E-state index contributed by atoms with van der Waals surface area (Å²) in [5.74, 6) is -1.12. The van der Waals surface area contributed by atoms with Crippen LogP contribution in [0.5, 0.6) is 0 Å². The topological polar surface area (TPSA) is 58.8 Å². The number of fused-ring (bicyclic) bond motifs is 1. The van der Waals surface area contributed by atoms with Gasteiger partial charge in [0, 0.05) is 17.3 Å². The third-order valence-corrected chi connectivity index (χ3v) is 3.48. The number of hydrogen-bond donors (Lipinski definition) is 1. The number of rotatable bonds is 3. The second-order valence-electron chi connectivity index (χ2n) is 4.88. The molecular weight excluding hydrogens is 266 g/mol. The third-order valence-electron chi connectivity index (χ3n) is 3.48. The average molecular weight is 279 g/mol. The Labute approximate surface area is 121 Å². The Balaban J connectivity index is 2.08. The maximum absolute atomic E-state index is 12.7. The minimum absolute atomic E-state index is 0.115. The van der Waals surface area contributed by atoms with Gasteiger partial charge in [0.05, 0.1) is 11.3 Å². The number of hydrogen-bond acceptors (Lipinski definition) is 2. The Kier molecular flexibility index (Phi) is 3.06. The maximum Gasteiger partial charge on any atom is 0.335 e. The highest BCUT2D eigenvalue weighted by molar-refractivity contribution is 6.09. The molecule has 0 radical (unpaired) electrons. The summed E-state index contributed by atoms with van der Waals surface area (Å²) in [5.41, 5.74) is 3.11. The fourth-order valence-electron chi connectivity index (χ4n) is 2.45. The molecule has 104 valence electrons. The normalized spacial score (nSPS) is 10.7. The van der Waals surface area contributed by atoms with Crippen molar-refractivity contribution in [3.05, 3.63) is 77.1 Å². The van der Waals surface area contributed by atoms with E-state index >= 15 is 0 Å². The molecule has 0 saturated heterocycles. The number of benzene rings is 1. The molecule has 4 nitrogen and oxygen atoms in total. The van der Waals surface area contributed by atoms with E-state index in [2.05, 4.69) is 0 Å². The van der Waals surface area contributed by atoms with Gasteiger partial charge in [0.1, 0.15) is 0 Å². The van der Waals surface area contributed by atoms with Gasteiger partial charge in [0.2, 0.25) is 5.78 Å². The molecule has 4 heteroatoms. The van der Waals surface area contributed by atoms with Gasteiger partial charge < -0.3 is 9.51 Å². The number of aromatic carboxylic acids is 1. The molecule has 3 aromatic rings. The summed E-state index contributed by atoms with van der Waals surface area (Å²) in [5, 5.41) is 8.89. The van der Waals surface area contributed by atoms with Crippen molar-refractivity contribution in [3.63, 3.8) is 0 Å². The maximum atomic E-state index is 12.7. The van der Waals surface area contributed by atoms with Gasteiger partial charge >= 0.3 is 5.97 Å². The van der Waals surface area contributed by atoms with Gasteiger partial charge in [-0.15, -0.1) is 0 Å². The molecule has 0 atom stereocenters. The molecule has 3 rings (SSSR count). The first-order valence-electron chi connectivity index (χ1n) is 6.52. The first kappa shape index (κ1) is 13.1. The third kappa shape index (κ3) is 2.21. The van der Waals surface area contributed by atoms with E-state index in [0.717, 1.165) is 11.1 Å². The second kappa shape index (κ2) is 4.90. The lowest BCUT2D eigenvalue weighted by Gasteiger charge is -2.04. The summed E-state index contributed by atoms with van der Waals surface area (Å²) in [6, 6.07) is 13.7. The van der Waals surface area contributed by atoms with Crippen LogP contribution >= 0.6 is 0 Å². The summed E-state index contributed by atoms with van der Waals surface area (Å²) in [6.07, 6.45) is 1.85. The van der Waals surface area contributed by atoms with Gasteiger partial charge in [-0.05, 0) is 42.8 Å². The highest BCUT2D eigenvalue weighted by Gasteiger charge is 2.17. The zero-order valence-corrected chi connectivity index (χ0v) is 11.4. The lowest BCUT2D eigenvalue weighted by molar-refractivity contribution is 0.0696. The van der Waals surface area contributed by atoms with E-state index in [1.165, 1.54) is 12.1 Å². The SMILES string of the molecule is Cc1cc2ccccn2c1C(=O)c1ccc(C(=O)O)cc1. The molecule has 2 heterocycles. The van der Waals surface area contributed by atoms with Crippen LogP contribution in [-0.4, -0.2) is 21.3 Å². The lowest BCUT2D eigenvalue weighted by Crippen LogP contribution is -2.07. The number of carbonyl (C=O) groups excluding carboxylic acids is 1. The van der Waals surface area contributed by atoms with Gasteiger partial charge in [0.25, 0.3) is 0 Å². The number of carbonyl (C=O) groups is 2. The van der Waals surface area contributed by atoms with E-state index in [9.17, 15) is 9.59 Å². The predicted molar refractivity (Wildman–Crippen MR) is 79.0 cm³/mol. The summed E-state index contributed by atoms with van der Waals surface area (Å²) < 4.78 is 1.85. The number of pyridine rings is 1. The first-order valence-corrected chi connectivity index (χ1v) is 6.52. The van der Waals surface area contributed by atoms with E-state index in [-0.39, 0.29) is 11.3 Å². The fraction of sp³-hybridized carbons (Fsp3) is 0.0588. The molecule has 0 bridgehead atoms. The van der Waals surface area contributed by atoms with Crippen LogP contribution in [0.25, 0.3) is 5.52 Å². The molecule has 1 N–H and O–H groups in total. The van der Waals surface area contributed by atoms with Gasteiger partial charge in [-0.3, -0.25) is 4.79 Å². The van der Waals surface area contributed by atoms with Crippen molar-refractivity contribution in [2.45, 2.75) is 6.92 Å². The summed E-state index contributed by atoms with van der Waals surface area (Å²) in [6.45, 7) is 1.89. The average Bonchev–Trinajstić information content (AvgIpc) is 2.82. The number of carboxylic acid groups (broad SMARTS) is 1. The molecule has 0 unspecified atom stereocenters. The van der Waals surface area contributed by atoms with Crippen LogP contribution in [0, 0.1) is 6.92 Å². The smallest absolute Gasteiger partial charge is 0.335 e. The summed E-state index contributed by atoms with van der Waals surface area (Å²) in [4.78, 5) is 23.5. The Morgan fingerprint density at radius 3 is 2.33 bits per heavy atom. The Morgan fingerprint density at radius 1 is 1.00 bits per heavy atom. The molecule has 0 spiro atoms. The molecular formula is C17H13NO3. The van der Waals surface area contributed by atoms with Crippen LogP contribution < -0.4 is 0 Å². The zero-order chi connectivity index (χ0) is 15.0. The van der Waals surface area contributed by atoms with Crippen LogP contribution in [0.15, 0.2) is 54.7 Å². The summed E-state index contributed by atoms with van der Waals surface area (Å²) in [7, 11) is 0. The molecule has 0 saturated carbocycles. The van der Waals surface area contributed by atoms with Crippen molar-refractivity contribution in [3.8, 4) is 0 Å². The van der Waals surface area contributed by atoms with Crippen molar-refractivity contribution >= 4 is 17.3 Å². The van der Waals surface area contributed by atoms with Crippen molar-refractivity contribution in [2.24, 2.45) is 0 Å². The van der Waals surface area contributed by atoms with Crippen molar-refractivity contribution in [1.82, 2.24) is 4.40 Å². The predicted octanol–water partition coefficient (Wildman–Crippen LogP) is 3.18. The number of ketones is 1. The minimum atomic E-state index is -1.00. The van der Waals surface area contributed by atoms with Crippen molar-refractivity contribution in [2.75, 3.05) is 0 Å². The van der Waals surface area contributed by atoms with E-state index < -0.39 is 5.97 Å². The molecule has 1 aromatic carbocycles. The molecule has 21 heavy (non-hydrogen) atoms. The monoisotopic (exact) mass is 279 g/mol. The van der Waals surface area contributed by atoms with Crippen LogP contribution in [-0.2, 0) is 0 Å². The highest BCUT2D eigenvalue weighted by Crippen LogP contribution is 2.19. The van der Waals surface area contributed by atoms with Crippen LogP contribution in [0.3, 0.4) is 0 Å². The van der Waals surface area contributed by atoms with Gasteiger partial charge in [0.15, 0.2) is 0 Å². The Bertz CT molecular complexity index is 844. The standard InChI is InChI=1S/C17H13NO3/c1-11-10-14-4-2-3-9-18(14)15(11)16(19)12-5-7-13(8-6-12)17(20)21/h2-10H,1H3,(H,20,21). The zero-order valence-electron chi connectivity index (χ0n) is 11.4. The minimum Gasteiger partial charge on any atom is -0.478 e. The number of aryl methyl sites for hydroxylation is 1. The highest BCUT2D eigenvalue weighted by atomic mass is 16.4. The largest absolute Gasteiger partial charge is 0.478 e.